The minimum atomic E-state index is 0.189. The van der Waals surface area contributed by atoms with Crippen LogP contribution in [0, 0.1) is 13.8 Å². The van der Waals surface area contributed by atoms with Gasteiger partial charge in [-0.1, -0.05) is 12.2 Å². The van der Waals surface area contributed by atoms with Crippen molar-refractivity contribution in [2.24, 2.45) is 5.73 Å². The molecule has 0 aliphatic rings. The summed E-state index contributed by atoms with van der Waals surface area (Å²) in [6.45, 7) is 6.13. The molecule has 0 aliphatic heterocycles. The largest absolute Gasteiger partial charge is 0.389 e. The Labute approximate surface area is 122 Å². The SMILES string of the molecule is Cc1csc(C(C)Nc2ccc(C(N)=S)c(C)c2)n1. The van der Waals surface area contributed by atoms with Crippen molar-refractivity contribution >= 4 is 34.2 Å². The van der Waals surface area contributed by atoms with Gasteiger partial charge in [-0.25, -0.2) is 4.98 Å². The molecule has 0 bridgehead atoms. The van der Waals surface area contributed by atoms with Crippen molar-refractivity contribution in [1.82, 2.24) is 4.98 Å². The van der Waals surface area contributed by atoms with Gasteiger partial charge in [0.05, 0.1) is 6.04 Å². The highest BCUT2D eigenvalue weighted by Crippen LogP contribution is 2.23. The Bertz CT molecular complexity index is 604. The van der Waals surface area contributed by atoms with E-state index in [9.17, 15) is 0 Å². The fourth-order valence-corrected chi connectivity index (χ4v) is 2.95. The van der Waals surface area contributed by atoms with E-state index in [1.807, 2.05) is 26.0 Å². The molecule has 19 heavy (non-hydrogen) atoms. The molecule has 0 spiro atoms. The van der Waals surface area contributed by atoms with E-state index in [2.05, 4.69) is 28.7 Å². The van der Waals surface area contributed by atoms with Crippen LogP contribution in [0.15, 0.2) is 23.6 Å². The summed E-state index contributed by atoms with van der Waals surface area (Å²) in [5.41, 5.74) is 9.79. The Morgan fingerprint density at radius 1 is 1.42 bits per heavy atom. The first kappa shape index (κ1) is 14.0. The third-order valence-electron chi connectivity index (χ3n) is 2.88. The van der Waals surface area contributed by atoms with Crippen LogP contribution in [-0.2, 0) is 0 Å². The molecule has 1 heterocycles. The summed E-state index contributed by atoms with van der Waals surface area (Å²) in [5, 5.41) is 6.60. The van der Waals surface area contributed by atoms with E-state index in [1.165, 1.54) is 0 Å². The molecule has 0 saturated carbocycles. The van der Waals surface area contributed by atoms with E-state index in [1.54, 1.807) is 11.3 Å². The average Bonchev–Trinajstić information content (AvgIpc) is 2.75. The highest BCUT2D eigenvalue weighted by molar-refractivity contribution is 7.80. The molecule has 2 aromatic rings. The van der Waals surface area contributed by atoms with Gasteiger partial charge in [-0.15, -0.1) is 11.3 Å². The zero-order valence-electron chi connectivity index (χ0n) is 11.2. The van der Waals surface area contributed by atoms with Crippen molar-refractivity contribution in [2.75, 3.05) is 5.32 Å². The lowest BCUT2D eigenvalue weighted by molar-refractivity contribution is 0.864. The molecule has 0 fully saturated rings. The first-order chi connectivity index (χ1) is 8.97. The smallest absolute Gasteiger partial charge is 0.115 e. The maximum Gasteiger partial charge on any atom is 0.115 e. The summed E-state index contributed by atoms with van der Waals surface area (Å²) < 4.78 is 0. The maximum absolute atomic E-state index is 5.66. The molecule has 0 saturated heterocycles. The number of hydrogen-bond acceptors (Lipinski definition) is 4. The van der Waals surface area contributed by atoms with E-state index in [-0.39, 0.29) is 6.04 Å². The Morgan fingerprint density at radius 2 is 2.16 bits per heavy atom. The maximum atomic E-state index is 5.66. The number of anilines is 1. The van der Waals surface area contributed by atoms with Crippen molar-refractivity contribution in [2.45, 2.75) is 26.8 Å². The zero-order chi connectivity index (χ0) is 14.0. The summed E-state index contributed by atoms with van der Waals surface area (Å²) in [6, 6.07) is 6.21. The second kappa shape index (κ2) is 5.67. The zero-order valence-corrected chi connectivity index (χ0v) is 12.9. The van der Waals surface area contributed by atoms with Gasteiger partial charge in [-0.05, 0) is 44.5 Å². The summed E-state index contributed by atoms with van der Waals surface area (Å²) >= 11 is 6.68. The van der Waals surface area contributed by atoms with E-state index >= 15 is 0 Å². The van der Waals surface area contributed by atoms with Crippen LogP contribution in [0.2, 0.25) is 0 Å². The Morgan fingerprint density at radius 3 is 2.68 bits per heavy atom. The summed E-state index contributed by atoms with van der Waals surface area (Å²) in [6.07, 6.45) is 0. The van der Waals surface area contributed by atoms with Gasteiger partial charge in [-0.3, -0.25) is 0 Å². The van der Waals surface area contributed by atoms with Crippen LogP contribution >= 0.6 is 23.6 Å². The van der Waals surface area contributed by atoms with Crippen molar-refractivity contribution in [3.63, 3.8) is 0 Å². The molecule has 1 aromatic carbocycles. The lowest BCUT2D eigenvalue weighted by Crippen LogP contribution is -2.12. The number of aryl methyl sites for hydroxylation is 2. The van der Waals surface area contributed by atoms with Crippen LogP contribution in [0.3, 0.4) is 0 Å². The number of thiazole rings is 1. The monoisotopic (exact) mass is 291 g/mol. The molecule has 1 aromatic heterocycles. The standard InChI is InChI=1S/C14H17N3S2/c1-8-6-11(4-5-12(8)13(15)18)17-10(3)14-16-9(2)7-19-14/h4-7,10,17H,1-3H3,(H2,15,18). The molecule has 3 N–H and O–H groups in total. The van der Waals surface area contributed by atoms with Crippen LogP contribution in [-0.4, -0.2) is 9.97 Å². The summed E-state index contributed by atoms with van der Waals surface area (Å²) in [7, 11) is 0. The number of benzene rings is 1. The molecule has 3 nitrogen and oxygen atoms in total. The number of nitrogens with one attached hydrogen (secondary N) is 1. The molecule has 0 aliphatic carbocycles. The summed E-state index contributed by atoms with van der Waals surface area (Å²) in [5.74, 6) is 0. The number of hydrogen-bond donors (Lipinski definition) is 2. The van der Waals surface area contributed by atoms with Crippen molar-refractivity contribution in [3.8, 4) is 0 Å². The summed E-state index contributed by atoms with van der Waals surface area (Å²) in [4.78, 5) is 4.93. The highest BCUT2D eigenvalue weighted by atomic mass is 32.1. The molecule has 100 valence electrons. The van der Waals surface area contributed by atoms with Crippen molar-refractivity contribution < 1.29 is 0 Å². The number of nitrogens with zero attached hydrogens (tertiary/aromatic N) is 1. The number of thiocarbonyl (C=S) groups is 1. The highest BCUT2D eigenvalue weighted by Gasteiger charge is 2.10. The first-order valence-electron chi connectivity index (χ1n) is 6.06. The van der Waals surface area contributed by atoms with Gasteiger partial charge in [0, 0.05) is 22.3 Å². The number of nitrogens with two attached hydrogens (primary N) is 1. The van der Waals surface area contributed by atoms with Gasteiger partial charge in [0.15, 0.2) is 0 Å². The quantitative estimate of drug-likeness (QED) is 0.846. The molecule has 2 rings (SSSR count). The van der Waals surface area contributed by atoms with E-state index in [0.29, 0.717) is 4.99 Å². The Kier molecular flexibility index (Phi) is 4.17. The average molecular weight is 291 g/mol. The van der Waals surface area contributed by atoms with E-state index in [4.69, 9.17) is 18.0 Å². The van der Waals surface area contributed by atoms with Gasteiger partial charge < -0.3 is 11.1 Å². The minimum absolute atomic E-state index is 0.189. The number of aromatic nitrogens is 1. The fourth-order valence-electron chi connectivity index (χ4n) is 1.91. The van der Waals surface area contributed by atoms with Crippen molar-refractivity contribution in [3.05, 3.63) is 45.4 Å². The molecule has 5 heteroatoms. The van der Waals surface area contributed by atoms with Gasteiger partial charge in [0.25, 0.3) is 0 Å². The Balaban J connectivity index is 2.15. The van der Waals surface area contributed by atoms with Gasteiger partial charge in [-0.2, -0.15) is 0 Å². The lowest BCUT2D eigenvalue weighted by atomic mass is 10.1. The van der Waals surface area contributed by atoms with Gasteiger partial charge in [0.2, 0.25) is 0 Å². The van der Waals surface area contributed by atoms with E-state index in [0.717, 1.165) is 27.5 Å². The topological polar surface area (TPSA) is 50.9 Å². The second-order valence-corrected chi connectivity index (χ2v) is 5.92. The Hall–Kier alpha value is -1.46. The molecule has 1 atom stereocenters. The van der Waals surface area contributed by atoms with Crippen LogP contribution < -0.4 is 11.1 Å². The molecule has 1 unspecified atom stereocenters. The van der Waals surface area contributed by atoms with Gasteiger partial charge in [0.1, 0.15) is 10.00 Å². The lowest BCUT2D eigenvalue weighted by Gasteiger charge is -2.14. The number of rotatable bonds is 4. The third kappa shape index (κ3) is 3.30. The molecule has 0 radical (unpaired) electrons. The normalized spacial score (nSPS) is 12.2. The van der Waals surface area contributed by atoms with E-state index < -0.39 is 0 Å². The predicted molar refractivity (Wildman–Crippen MR) is 86.0 cm³/mol. The second-order valence-electron chi connectivity index (χ2n) is 4.59. The predicted octanol–water partition coefficient (Wildman–Crippen LogP) is 3.57. The molecular weight excluding hydrogens is 274 g/mol. The minimum Gasteiger partial charge on any atom is -0.389 e. The van der Waals surface area contributed by atoms with Crippen LogP contribution in [0.5, 0.6) is 0 Å². The van der Waals surface area contributed by atoms with Crippen LogP contribution in [0.1, 0.15) is 34.8 Å². The molecule has 0 amide bonds. The van der Waals surface area contributed by atoms with Gasteiger partial charge >= 0.3 is 0 Å². The molecular formula is C14H17N3S2. The van der Waals surface area contributed by atoms with Crippen LogP contribution in [0.25, 0.3) is 0 Å². The third-order valence-corrected chi connectivity index (χ3v) is 4.25. The van der Waals surface area contributed by atoms with Crippen molar-refractivity contribution in [1.29, 1.82) is 0 Å². The fraction of sp³-hybridized carbons (Fsp3) is 0.286. The first-order valence-corrected chi connectivity index (χ1v) is 7.35. The van der Waals surface area contributed by atoms with Crippen LogP contribution in [0.4, 0.5) is 5.69 Å².